The molecule has 0 spiro atoms. The largest absolute Gasteiger partial charge is 0.480 e. The van der Waals surface area contributed by atoms with Gasteiger partial charge in [0, 0.05) is 0 Å². The average Bonchev–Trinajstić information content (AvgIpc) is 2.35. The number of nitrogens with zero attached hydrogens (tertiary/aromatic N) is 2. The number of aromatic nitrogens is 2. The molecule has 0 aliphatic rings. The van der Waals surface area contributed by atoms with Gasteiger partial charge >= 0.3 is 6.18 Å². The maximum Gasteiger partial charge on any atom is 0.395 e. The Hall–Kier alpha value is -1.85. The van der Waals surface area contributed by atoms with Crippen molar-refractivity contribution in [3.63, 3.8) is 0 Å². The second kappa shape index (κ2) is 4.44. The molecule has 1 atom stereocenters. The molecule has 0 fully saturated rings. The van der Waals surface area contributed by atoms with E-state index >= 15 is 0 Å². The topological polar surface area (TPSA) is 35.0 Å². The maximum absolute atomic E-state index is 12.7. The van der Waals surface area contributed by atoms with Crippen molar-refractivity contribution in [2.45, 2.75) is 19.0 Å². The van der Waals surface area contributed by atoms with Crippen LogP contribution in [0.3, 0.4) is 0 Å². The second-order valence-electron chi connectivity index (χ2n) is 3.92. The number of hydrogen-bond acceptors (Lipinski definition) is 3. The molecule has 1 unspecified atom stereocenters. The number of hydrogen-bond donors (Lipinski definition) is 0. The Balaban J connectivity index is 2.56. The van der Waals surface area contributed by atoms with E-state index in [1.807, 2.05) is 0 Å². The van der Waals surface area contributed by atoms with Crippen LogP contribution in [0.2, 0.25) is 0 Å². The Morgan fingerprint density at radius 3 is 2.56 bits per heavy atom. The van der Waals surface area contributed by atoms with E-state index in [1.54, 1.807) is 0 Å². The Morgan fingerprint density at radius 1 is 1.22 bits per heavy atom. The summed E-state index contributed by atoms with van der Waals surface area (Å²) in [7, 11) is 1.42. The van der Waals surface area contributed by atoms with Gasteiger partial charge in [-0.25, -0.2) is 9.97 Å². The Morgan fingerprint density at radius 2 is 1.94 bits per heavy atom. The first-order valence-corrected chi connectivity index (χ1v) is 5.29. The van der Waals surface area contributed by atoms with Crippen molar-refractivity contribution >= 4 is 10.9 Å². The first kappa shape index (κ1) is 12.6. The lowest BCUT2D eigenvalue weighted by molar-refractivity contribution is -0.146. The van der Waals surface area contributed by atoms with E-state index in [4.69, 9.17) is 4.74 Å². The van der Waals surface area contributed by atoms with E-state index in [1.165, 1.54) is 31.6 Å². The van der Waals surface area contributed by atoms with Gasteiger partial charge in [0.1, 0.15) is 6.33 Å². The van der Waals surface area contributed by atoms with Crippen LogP contribution in [0.1, 0.15) is 18.4 Å². The van der Waals surface area contributed by atoms with Crippen LogP contribution in [-0.4, -0.2) is 23.3 Å². The Kier molecular flexibility index (Phi) is 3.11. The van der Waals surface area contributed by atoms with E-state index in [0.717, 1.165) is 6.92 Å². The van der Waals surface area contributed by atoms with Crippen LogP contribution in [0.5, 0.6) is 5.88 Å². The minimum Gasteiger partial charge on any atom is -0.480 e. The lowest BCUT2D eigenvalue weighted by Crippen LogP contribution is -2.17. The smallest absolute Gasteiger partial charge is 0.395 e. The summed E-state index contributed by atoms with van der Waals surface area (Å²) in [5, 5.41) is 0.480. The summed E-state index contributed by atoms with van der Waals surface area (Å²) in [6.45, 7) is 1.12. The molecule has 1 aromatic heterocycles. The van der Waals surface area contributed by atoms with Crippen molar-refractivity contribution in [3.8, 4) is 5.88 Å². The molecule has 0 N–H and O–H groups in total. The number of halogens is 3. The van der Waals surface area contributed by atoms with E-state index in [9.17, 15) is 13.2 Å². The minimum atomic E-state index is -4.27. The van der Waals surface area contributed by atoms with Crippen molar-refractivity contribution in [2.75, 3.05) is 7.11 Å². The molecule has 0 aliphatic heterocycles. The van der Waals surface area contributed by atoms with Gasteiger partial charge in [0.15, 0.2) is 0 Å². The van der Waals surface area contributed by atoms with E-state index in [-0.39, 0.29) is 11.4 Å². The number of benzene rings is 1. The highest BCUT2D eigenvalue weighted by molar-refractivity contribution is 5.84. The van der Waals surface area contributed by atoms with Crippen LogP contribution < -0.4 is 4.74 Å². The highest BCUT2D eigenvalue weighted by Gasteiger charge is 2.37. The molecular weight excluding hydrogens is 245 g/mol. The number of ether oxygens (including phenoxy) is 1. The van der Waals surface area contributed by atoms with Gasteiger partial charge < -0.3 is 4.74 Å². The van der Waals surface area contributed by atoms with Gasteiger partial charge in [-0.05, 0) is 24.6 Å². The Labute approximate surface area is 102 Å². The summed E-state index contributed by atoms with van der Waals surface area (Å²) in [6, 6.07) is 4.39. The van der Waals surface area contributed by atoms with E-state index < -0.39 is 12.1 Å². The summed E-state index contributed by atoms with van der Waals surface area (Å²) in [6.07, 6.45) is -2.95. The fourth-order valence-electron chi connectivity index (χ4n) is 1.67. The molecule has 1 aromatic carbocycles. The third kappa shape index (κ3) is 2.23. The van der Waals surface area contributed by atoms with Crippen molar-refractivity contribution in [1.82, 2.24) is 9.97 Å². The SMILES string of the molecule is COc1ncnc2ccc(C(C)C(F)(F)F)cc12. The van der Waals surface area contributed by atoms with E-state index in [0.29, 0.717) is 10.9 Å². The molecule has 96 valence electrons. The molecule has 0 bridgehead atoms. The van der Waals surface area contributed by atoms with Gasteiger partial charge in [0.2, 0.25) is 5.88 Å². The summed E-state index contributed by atoms with van der Waals surface area (Å²) in [5.74, 6) is -1.26. The predicted molar refractivity (Wildman–Crippen MR) is 60.6 cm³/mol. The second-order valence-corrected chi connectivity index (χ2v) is 3.92. The highest BCUT2D eigenvalue weighted by atomic mass is 19.4. The third-order valence-corrected chi connectivity index (χ3v) is 2.81. The van der Waals surface area contributed by atoms with Crippen molar-refractivity contribution in [3.05, 3.63) is 30.1 Å². The molecule has 1 heterocycles. The molecular formula is C12H11F3N2O. The normalized spacial score (nSPS) is 13.6. The first-order valence-electron chi connectivity index (χ1n) is 5.29. The zero-order valence-corrected chi connectivity index (χ0v) is 9.82. The number of rotatable bonds is 2. The first-order chi connectivity index (χ1) is 8.43. The van der Waals surface area contributed by atoms with E-state index in [2.05, 4.69) is 9.97 Å². The van der Waals surface area contributed by atoms with Gasteiger partial charge in [-0.15, -0.1) is 0 Å². The van der Waals surface area contributed by atoms with Crippen LogP contribution in [0.15, 0.2) is 24.5 Å². The fourth-order valence-corrected chi connectivity index (χ4v) is 1.67. The third-order valence-electron chi connectivity index (χ3n) is 2.81. The predicted octanol–water partition coefficient (Wildman–Crippen LogP) is 3.30. The number of alkyl halides is 3. The van der Waals surface area contributed by atoms with Gasteiger partial charge in [-0.1, -0.05) is 6.07 Å². The molecule has 3 nitrogen and oxygen atoms in total. The van der Waals surface area contributed by atoms with Crippen molar-refractivity contribution < 1.29 is 17.9 Å². The molecule has 2 aromatic rings. The summed E-state index contributed by atoms with van der Waals surface area (Å²) in [4.78, 5) is 7.85. The minimum absolute atomic E-state index is 0.170. The molecule has 18 heavy (non-hydrogen) atoms. The summed E-state index contributed by atoms with van der Waals surface area (Å²) >= 11 is 0. The van der Waals surface area contributed by atoms with Gasteiger partial charge in [-0.3, -0.25) is 0 Å². The number of fused-ring (bicyclic) bond motifs is 1. The molecule has 0 saturated heterocycles. The van der Waals surface area contributed by atoms with Crippen LogP contribution >= 0.6 is 0 Å². The lowest BCUT2D eigenvalue weighted by Gasteiger charge is -2.16. The van der Waals surface area contributed by atoms with Gasteiger partial charge in [0.05, 0.1) is 23.9 Å². The van der Waals surface area contributed by atoms with Crippen LogP contribution in [-0.2, 0) is 0 Å². The zero-order valence-electron chi connectivity index (χ0n) is 9.82. The van der Waals surface area contributed by atoms with Crippen molar-refractivity contribution in [1.29, 1.82) is 0 Å². The monoisotopic (exact) mass is 256 g/mol. The average molecular weight is 256 g/mol. The molecule has 6 heteroatoms. The zero-order chi connectivity index (χ0) is 13.3. The quantitative estimate of drug-likeness (QED) is 0.826. The Bertz CT molecular complexity index is 569. The molecule has 0 amide bonds. The number of methoxy groups -OCH3 is 1. The molecule has 0 aliphatic carbocycles. The summed E-state index contributed by atoms with van der Waals surface area (Å²) < 4.78 is 43.0. The molecule has 2 rings (SSSR count). The molecule has 0 radical (unpaired) electrons. The van der Waals surface area contributed by atoms with Crippen LogP contribution in [0.25, 0.3) is 10.9 Å². The highest BCUT2D eigenvalue weighted by Crippen LogP contribution is 2.36. The van der Waals surface area contributed by atoms with Crippen molar-refractivity contribution in [2.24, 2.45) is 0 Å². The standard InChI is InChI=1S/C12H11F3N2O/c1-7(12(13,14)15)8-3-4-10-9(5-8)11(18-2)17-6-16-10/h3-7H,1-2H3. The molecule has 0 saturated carbocycles. The summed E-state index contributed by atoms with van der Waals surface area (Å²) in [5.41, 5.74) is 0.725. The maximum atomic E-state index is 12.7. The lowest BCUT2D eigenvalue weighted by atomic mass is 9.99. The van der Waals surface area contributed by atoms with Gasteiger partial charge in [0.25, 0.3) is 0 Å². The van der Waals surface area contributed by atoms with Crippen LogP contribution in [0, 0.1) is 0 Å². The fraction of sp³-hybridized carbons (Fsp3) is 0.333. The van der Waals surface area contributed by atoms with Gasteiger partial charge in [-0.2, -0.15) is 13.2 Å². The van der Waals surface area contributed by atoms with Crippen LogP contribution in [0.4, 0.5) is 13.2 Å².